The third-order valence-electron chi connectivity index (χ3n) is 3.75. The fourth-order valence-electron chi connectivity index (χ4n) is 2.39. The molecule has 1 fully saturated rings. The van der Waals surface area contributed by atoms with Crippen LogP contribution < -0.4 is 5.73 Å². The third-order valence-corrected chi connectivity index (χ3v) is 3.75. The van der Waals surface area contributed by atoms with Crippen molar-refractivity contribution >= 4 is 11.0 Å². The second-order valence-corrected chi connectivity index (χ2v) is 6.40. The molecular weight excluding hydrogens is 222 g/mol. The van der Waals surface area contributed by atoms with Crippen LogP contribution in [0.3, 0.4) is 0 Å². The van der Waals surface area contributed by atoms with Crippen molar-refractivity contribution < 1.29 is 0 Å². The number of fused-ring (bicyclic) bond motifs is 1. The lowest BCUT2D eigenvalue weighted by molar-refractivity contribution is 0.308. The minimum absolute atomic E-state index is 0.0227. The van der Waals surface area contributed by atoms with Crippen LogP contribution in [0.5, 0.6) is 0 Å². The monoisotopic (exact) mass is 243 g/mol. The van der Waals surface area contributed by atoms with Crippen LogP contribution >= 0.6 is 0 Å². The zero-order valence-corrected chi connectivity index (χ0v) is 11.4. The zero-order valence-electron chi connectivity index (χ0n) is 11.4. The molecule has 1 aromatic carbocycles. The first kappa shape index (κ1) is 11.7. The molecule has 1 atom stereocenters. The van der Waals surface area contributed by atoms with Crippen LogP contribution in [0.25, 0.3) is 11.0 Å². The van der Waals surface area contributed by atoms with Crippen LogP contribution in [0.2, 0.25) is 0 Å². The molecule has 96 valence electrons. The van der Waals surface area contributed by atoms with E-state index in [1.165, 1.54) is 18.4 Å². The Bertz CT molecular complexity index is 573. The van der Waals surface area contributed by atoms with Crippen molar-refractivity contribution in [2.45, 2.75) is 45.7 Å². The summed E-state index contributed by atoms with van der Waals surface area (Å²) < 4.78 is 2.37. The van der Waals surface area contributed by atoms with Gasteiger partial charge in [-0.25, -0.2) is 4.98 Å². The van der Waals surface area contributed by atoms with E-state index in [2.05, 4.69) is 43.5 Å². The average Bonchev–Trinajstić information content (AvgIpc) is 3.07. The summed E-state index contributed by atoms with van der Waals surface area (Å²) in [5.74, 6) is 1.05. The molecule has 0 saturated heterocycles. The zero-order chi connectivity index (χ0) is 12.9. The van der Waals surface area contributed by atoms with Gasteiger partial charge < -0.3 is 10.3 Å². The van der Waals surface area contributed by atoms with E-state index in [4.69, 9.17) is 10.7 Å². The minimum Gasteiger partial charge on any atom is -0.324 e. The molecule has 2 N–H and O–H groups in total. The maximum absolute atomic E-state index is 6.42. The van der Waals surface area contributed by atoms with Gasteiger partial charge in [0.15, 0.2) is 0 Å². The van der Waals surface area contributed by atoms with Gasteiger partial charge in [0.1, 0.15) is 5.82 Å². The van der Waals surface area contributed by atoms with E-state index in [-0.39, 0.29) is 11.5 Å². The molecule has 3 heteroatoms. The van der Waals surface area contributed by atoms with Gasteiger partial charge in [0.05, 0.1) is 17.1 Å². The number of nitrogens with two attached hydrogens (primary N) is 1. The fourth-order valence-corrected chi connectivity index (χ4v) is 2.39. The number of nitrogens with zero attached hydrogens (tertiary/aromatic N) is 2. The topological polar surface area (TPSA) is 43.8 Å². The van der Waals surface area contributed by atoms with Gasteiger partial charge in [-0.15, -0.1) is 0 Å². The van der Waals surface area contributed by atoms with Crippen molar-refractivity contribution in [3.8, 4) is 0 Å². The Morgan fingerprint density at radius 1 is 1.28 bits per heavy atom. The molecule has 0 spiro atoms. The molecule has 3 rings (SSSR count). The van der Waals surface area contributed by atoms with E-state index in [0.29, 0.717) is 6.04 Å². The van der Waals surface area contributed by atoms with Gasteiger partial charge in [-0.05, 0) is 30.4 Å². The number of hydrogen-bond donors (Lipinski definition) is 1. The highest BCUT2D eigenvalue weighted by atomic mass is 15.2. The van der Waals surface area contributed by atoms with Gasteiger partial charge in [-0.1, -0.05) is 32.9 Å². The van der Waals surface area contributed by atoms with Gasteiger partial charge in [0.2, 0.25) is 0 Å². The van der Waals surface area contributed by atoms with Crippen LogP contribution in [-0.2, 0) is 0 Å². The summed E-state index contributed by atoms with van der Waals surface area (Å²) in [6, 6.07) is 8.94. The van der Waals surface area contributed by atoms with Crippen molar-refractivity contribution in [3.05, 3.63) is 30.1 Å². The van der Waals surface area contributed by atoms with Crippen LogP contribution in [-0.4, -0.2) is 9.55 Å². The Balaban J connectivity index is 2.19. The highest BCUT2D eigenvalue weighted by Crippen LogP contribution is 2.42. The summed E-state index contributed by atoms with van der Waals surface area (Å²) in [6.07, 6.45) is 2.51. The Morgan fingerprint density at radius 2 is 1.94 bits per heavy atom. The summed E-state index contributed by atoms with van der Waals surface area (Å²) in [4.78, 5) is 4.78. The lowest BCUT2D eigenvalue weighted by atomic mass is 9.87. The molecule has 0 aliphatic heterocycles. The minimum atomic E-state index is -0.0227. The molecule has 3 nitrogen and oxygen atoms in total. The van der Waals surface area contributed by atoms with Gasteiger partial charge in [0, 0.05) is 6.04 Å². The Hall–Kier alpha value is -1.35. The molecule has 1 aromatic heterocycles. The third kappa shape index (κ3) is 1.83. The maximum atomic E-state index is 6.42. The van der Waals surface area contributed by atoms with E-state index >= 15 is 0 Å². The molecule has 0 bridgehead atoms. The van der Waals surface area contributed by atoms with E-state index in [1.54, 1.807) is 0 Å². The van der Waals surface area contributed by atoms with E-state index < -0.39 is 0 Å². The number of benzene rings is 1. The lowest BCUT2D eigenvalue weighted by Gasteiger charge is -2.27. The Labute approximate surface area is 108 Å². The first-order valence-electron chi connectivity index (χ1n) is 6.71. The van der Waals surface area contributed by atoms with E-state index in [0.717, 1.165) is 11.3 Å². The number of hydrogen-bond acceptors (Lipinski definition) is 2. The second-order valence-electron chi connectivity index (χ2n) is 6.40. The first-order chi connectivity index (χ1) is 8.48. The van der Waals surface area contributed by atoms with Crippen molar-refractivity contribution in [3.63, 3.8) is 0 Å². The average molecular weight is 243 g/mol. The molecular formula is C15H21N3. The Kier molecular flexibility index (Phi) is 2.49. The number of imidazole rings is 1. The SMILES string of the molecule is CC(C)(C)C(N)c1nc2ccccc2n1C1CC1. The van der Waals surface area contributed by atoms with Crippen LogP contribution in [0.1, 0.15) is 51.5 Å². The number of para-hydroxylation sites is 2. The van der Waals surface area contributed by atoms with Gasteiger partial charge in [-0.2, -0.15) is 0 Å². The van der Waals surface area contributed by atoms with Crippen LogP contribution in [0, 0.1) is 5.41 Å². The predicted molar refractivity (Wildman–Crippen MR) is 74.4 cm³/mol. The van der Waals surface area contributed by atoms with Gasteiger partial charge in [-0.3, -0.25) is 0 Å². The quantitative estimate of drug-likeness (QED) is 0.878. The van der Waals surface area contributed by atoms with Crippen molar-refractivity contribution in [2.75, 3.05) is 0 Å². The molecule has 1 aliphatic carbocycles. The fraction of sp³-hybridized carbons (Fsp3) is 0.533. The molecule has 1 aliphatic rings. The molecule has 0 radical (unpaired) electrons. The van der Waals surface area contributed by atoms with Crippen LogP contribution in [0.15, 0.2) is 24.3 Å². The standard InChI is InChI=1S/C15H21N3/c1-15(2,3)13(16)14-17-11-6-4-5-7-12(11)18(14)10-8-9-10/h4-7,10,13H,8-9,16H2,1-3H3. The molecule has 18 heavy (non-hydrogen) atoms. The first-order valence-corrected chi connectivity index (χ1v) is 6.71. The van der Waals surface area contributed by atoms with Crippen molar-refractivity contribution in [2.24, 2.45) is 11.1 Å². The summed E-state index contributed by atoms with van der Waals surface area (Å²) in [7, 11) is 0. The van der Waals surface area contributed by atoms with Gasteiger partial charge >= 0.3 is 0 Å². The highest BCUT2D eigenvalue weighted by Gasteiger charge is 2.33. The molecule has 2 aromatic rings. The van der Waals surface area contributed by atoms with Crippen LogP contribution in [0.4, 0.5) is 0 Å². The molecule has 0 amide bonds. The highest BCUT2D eigenvalue weighted by molar-refractivity contribution is 5.76. The number of rotatable bonds is 2. The largest absolute Gasteiger partial charge is 0.324 e. The summed E-state index contributed by atoms with van der Waals surface area (Å²) in [5, 5.41) is 0. The van der Waals surface area contributed by atoms with Crippen molar-refractivity contribution in [1.82, 2.24) is 9.55 Å². The smallest absolute Gasteiger partial charge is 0.127 e. The molecule has 1 unspecified atom stereocenters. The van der Waals surface area contributed by atoms with Crippen molar-refractivity contribution in [1.29, 1.82) is 0 Å². The normalized spacial score (nSPS) is 18.2. The Morgan fingerprint density at radius 3 is 2.56 bits per heavy atom. The lowest BCUT2D eigenvalue weighted by Crippen LogP contribution is -2.29. The molecule has 1 saturated carbocycles. The maximum Gasteiger partial charge on any atom is 0.127 e. The summed E-state index contributed by atoms with van der Waals surface area (Å²) in [5.41, 5.74) is 8.75. The predicted octanol–water partition coefficient (Wildman–Crippen LogP) is 3.42. The summed E-state index contributed by atoms with van der Waals surface area (Å²) in [6.45, 7) is 6.52. The molecule has 1 heterocycles. The van der Waals surface area contributed by atoms with E-state index in [9.17, 15) is 0 Å². The van der Waals surface area contributed by atoms with E-state index in [1.807, 2.05) is 6.07 Å². The second kappa shape index (κ2) is 3.82. The summed E-state index contributed by atoms with van der Waals surface area (Å²) >= 11 is 0. The van der Waals surface area contributed by atoms with Gasteiger partial charge in [0.25, 0.3) is 0 Å². The number of aromatic nitrogens is 2.